The summed E-state index contributed by atoms with van der Waals surface area (Å²) in [6, 6.07) is 2.31. The summed E-state index contributed by atoms with van der Waals surface area (Å²) in [6.07, 6.45) is 1.96. The molecule has 0 radical (unpaired) electrons. The average molecular weight is 380 g/mol. The highest BCUT2D eigenvalue weighted by Gasteiger charge is 2.27. The SMILES string of the molecule is CCOc1cc([N+](=O)[O-])c(C(=O)OCC(=O)N2CCC[C@H](C)C2)cc1OC. The maximum absolute atomic E-state index is 12.4. The Balaban J connectivity index is 2.14. The Morgan fingerprint density at radius 3 is 2.67 bits per heavy atom. The fourth-order valence-corrected chi connectivity index (χ4v) is 3.00. The molecule has 9 heteroatoms. The molecule has 2 rings (SSSR count). The number of nitrogens with zero attached hydrogens (tertiary/aromatic N) is 2. The number of likely N-dealkylation sites (tertiary alicyclic amines) is 1. The van der Waals surface area contributed by atoms with Gasteiger partial charge in [-0.25, -0.2) is 4.79 Å². The quantitative estimate of drug-likeness (QED) is 0.406. The minimum atomic E-state index is -0.957. The summed E-state index contributed by atoms with van der Waals surface area (Å²) in [4.78, 5) is 36.9. The van der Waals surface area contributed by atoms with E-state index in [2.05, 4.69) is 6.92 Å². The van der Waals surface area contributed by atoms with Gasteiger partial charge in [0.15, 0.2) is 18.1 Å². The van der Waals surface area contributed by atoms with Crippen LogP contribution in [0.4, 0.5) is 5.69 Å². The molecule has 1 aliphatic rings. The van der Waals surface area contributed by atoms with E-state index in [4.69, 9.17) is 14.2 Å². The molecule has 1 fully saturated rings. The molecule has 1 saturated heterocycles. The molecule has 1 heterocycles. The molecule has 148 valence electrons. The van der Waals surface area contributed by atoms with Crippen molar-refractivity contribution in [3.05, 3.63) is 27.8 Å². The standard InChI is InChI=1S/C18H24N2O7/c1-4-26-16-9-14(20(23)24)13(8-15(16)25-3)18(22)27-11-17(21)19-7-5-6-12(2)10-19/h8-9,12H,4-7,10-11H2,1-3H3/t12-/m0/s1. The molecular weight excluding hydrogens is 356 g/mol. The molecule has 1 amide bonds. The normalized spacial score (nSPS) is 16.6. The molecule has 1 atom stereocenters. The number of carbonyl (C=O) groups is 2. The van der Waals surface area contributed by atoms with Crippen LogP contribution in [0, 0.1) is 16.0 Å². The number of nitro benzene ring substituents is 1. The number of esters is 1. The largest absolute Gasteiger partial charge is 0.493 e. The average Bonchev–Trinajstić information content (AvgIpc) is 2.65. The van der Waals surface area contributed by atoms with Crippen LogP contribution in [0.5, 0.6) is 11.5 Å². The molecule has 0 N–H and O–H groups in total. The molecular formula is C18H24N2O7. The lowest BCUT2D eigenvalue weighted by Gasteiger charge is -2.30. The van der Waals surface area contributed by atoms with Gasteiger partial charge in [-0.3, -0.25) is 14.9 Å². The lowest BCUT2D eigenvalue weighted by molar-refractivity contribution is -0.385. The Bertz CT molecular complexity index is 720. The number of piperidine rings is 1. The van der Waals surface area contributed by atoms with Crippen LogP contribution >= 0.6 is 0 Å². The number of benzene rings is 1. The lowest BCUT2D eigenvalue weighted by Crippen LogP contribution is -2.41. The Hall–Kier alpha value is -2.84. The van der Waals surface area contributed by atoms with Gasteiger partial charge in [0.2, 0.25) is 0 Å². The van der Waals surface area contributed by atoms with Crippen LogP contribution in [-0.4, -0.2) is 55.1 Å². The Morgan fingerprint density at radius 2 is 2.07 bits per heavy atom. The minimum absolute atomic E-state index is 0.154. The summed E-state index contributed by atoms with van der Waals surface area (Å²) < 4.78 is 15.5. The predicted octanol–water partition coefficient (Wildman–Crippen LogP) is 2.42. The van der Waals surface area contributed by atoms with Gasteiger partial charge in [0.25, 0.3) is 11.6 Å². The smallest absolute Gasteiger partial charge is 0.345 e. The summed E-state index contributed by atoms with van der Waals surface area (Å²) in [7, 11) is 1.36. The number of hydrogen-bond donors (Lipinski definition) is 0. The van der Waals surface area contributed by atoms with Gasteiger partial charge in [0.1, 0.15) is 5.56 Å². The molecule has 0 unspecified atom stereocenters. The third-order valence-electron chi connectivity index (χ3n) is 4.33. The first-order chi connectivity index (χ1) is 12.9. The van der Waals surface area contributed by atoms with Gasteiger partial charge >= 0.3 is 5.97 Å². The number of carbonyl (C=O) groups excluding carboxylic acids is 2. The van der Waals surface area contributed by atoms with Crippen molar-refractivity contribution < 1.29 is 28.7 Å². The van der Waals surface area contributed by atoms with Crippen LogP contribution in [0.2, 0.25) is 0 Å². The van der Waals surface area contributed by atoms with Crippen molar-refractivity contribution >= 4 is 17.6 Å². The maximum atomic E-state index is 12.4. The Labute approximate surface area is 157 Å². The van der Waals surface area contributed by atoms with E-state index >= 15 is 0 Å². The third kappa shape index (κ3) is 5.08. The predicted molar refractivity (Wildman–Crippen MR) is 96.1 cm³/mol. The Morgan fingerprint density at radius 1 is 1.33 bits per heavy atom. The second-order valence-electron chi connectivity index (χ2n) is 6.37. The number of ether oxygens (including phenoxy) is 3. The first-order valence-corrected chi connectivity index (χ1v) is 8.81. The van der Waals surface area contributed by atoms with Crippen molar-refractivity contribution in [2.45, 2.75) is 26.7 Å². The molecule has 0 saturated carbocycles. The van der Waals surface area contributed by atoms with Gasteiger partial charge in [0.05, 0.1) is 24.7 Å². The maximum Gasteiger partial charge on any atom is 0.345 e. The van der Waals surface area contributed by atoms with E-state index in [9.17, 15) is 19.7 Å². The van der Waals surface area contributed by atoms with Crippen LogP contribution in [0.3, 0.4) is 0 Å². The topological polar surface area (TPSA) is 108 Å². The fraction of sp³-hybridized carbons (Fsp3) is 0.556. The van der Waals surface area contributed by atoms with Crippen molar-refractivity contribution in [3.8, 4) is 11.5 Å². The summed E-state index contributed by atoms with van der Waals surface area (Å²) >= 11 is 0. The van der Waals surface area contributed by atoms with Crippen LogP contribution in [0.25, 0.3) is 0 Å². The molecule has 27 heavy (non-hydrogen) atoms. The number of amides is 1. The molecule has 1 aromatic carbocycles. The highest BCUT2D eigenvalue weighted by molar-refractivity contribution is 5.96. The fourth-order valence-electron chi connectivity index (χ4n) is 3.00. The molecule has 0 bridgehead atoms. The van der Waals surface area contributed by atoms with E-state index in [1.807, 2.05) is 0 Å². The van der Waals surface area contributed by atoms with Crippen LogP contribution in [0.1, 0.15) is 37.0 Å². The van der Waals surface area contributed by atoms with Crippen LogP contribution in [-0.2, 0) is 9.53 Å². The van der Waals surface area contributed by atoms with Gasteiger partial charge < -0.3 is 19.1 Å². The second-order valence-corrected chi connectivity index (χ2v) is 6.37. The molecule has 0 aliphatic carbocycles. The third-order valence-corrected chi connectivity index (χ3v) is 4.33. The summed E-state index contributed by atoms with van der Waals surface area (Å²) in [5, 5.41) is 11.3. The number of rotatable bonds is 7. The van der Waals surface area contributed by atoms with E-state index in [0.29, 0.717) is 19.0 Å². The molecule has 0 spiro atoms. The molecule has 0 aromatic heterocycles. The van der Waals surface area contributed by atoms with E-state index in [1.54, 1.807) is 11.8 Å². The number of methoxy groups -OCH3 is 1. The zero-order valence-electron chi connectivity index (χ0n) is 15.7. The van der Waals surface area contributed by atoms with Crippen molar-refractivity contribution in [2.75, 3.05) is 33.4 Å². The first kappa shape index (κ1) is 20.5. The van der Waals surface area contributed by atoms with E-state index in [0.717, 1.165) is 18.9 Å². The van der Waals surface area contributed by atoms with E-state index in [1.165, 1.54) is 13.2 Å². The summed E-state index contributed by atoms with van der Waals surface area (Å²) in [5.74, 6) is -0.543. The summed E-state index contributed by atoms with van der Waals surface area (Å²) in [5.41, 5.74) is -0.761. The Kier molecular flexibility index (Phi) is 6.98. The minimum Gasteiger partial charge on any atom is -0.493 e. The van der Waals surface area contributed by atoms with Crippen molar-refractivity contribution in [3.63, 3.8) is 0 Å². The van der Waals surface area contributed by atoms with Gasteiger partial charge in [-0.2, -0.15) is 0 Å². The van der Waals surface area contributed by atoms with Crippen molar-refractivity contribution in [1.29, 1.82) is 0 Å². The monoisotopic (exact) mass is 380 g/mol. The van der Waals surface area contributed by atoms with Crippen LogP contribution < -0.4 is 9.47 Å². The highest BCUT2D eigenvalue weighted by atomic mass is 16.6. The highest BCUT2D eigenvalue weighted by Crippen LogP contribution is 2.35. The van der Waals surface area contributed by atoms with Gasteiger partial charge in [-0.05, 0) is 25.7 Å². The van der Waals surface area contributed by atoms with Gasteiger partial charge in [0, 0.05) is 19.2 Å². The zero-order chi connectivity index (χ0) is 20.0. The second kappa shape index (κ2) is 9.20. The lowest BCUT2D eigenvalue weighted by atomic mass is 10.0. The van der Waals surface area contributed by atoms with Crippen molar-refractivity contribution in [1.82, 2.24) is 4.90 Å². The van der Waals surface area contributed by atoms with Crippen molar-refractivity contribution in [2.24, 2.45) is 5.92 Å². The number of hydrogen-bond acceptors (Lipinski definition) is 7. The summed E-state index contributed by atoms with van der Waals surface area (Å²) in [6.45, 7) is 4.84. The number of nitro groups is 1. The molecule has 9 nitrogen and oxygen atoms in total. The first-order valence-electron chi connectivity index (χ1n) is 8.81. The van der Waals surface area contributed by atoms with E-state index in [-0.39, 0.29) is 29.6 Å². The van der Waals surface area contributed by atoms with Gasteiger partial charge in [-0.15, -0.1) is 0 Å². The van der Waals surface area contributed by atoms with E-state index < -0.39 is 23.2 Å². The molecule has 1 aromatic rings. The zero-order valence-corrected chi connectivity index (χ0v) is 15.7. The van der Waals surface area contributed by atoms with Crippen LogP contribution in [0.15, 0.2) is 12.1 Å². The van der Waals surface area contributed by atoms with Gasteiger partial charge in [-0.1, -0.05) is 6.92 Å². The molecule has 1 aliphatic heterocycles.